The van der Waals surface area contributed by atoms with Crippen molar-refractivity contribution < 1.29 is 9.00 Å². The van der Waals surface area contributed by atoms with Gasteiger partial charge in [-0.1, -0.05) is 12.1 Å². The van der Waals surface area contributed by atoms with Crippen LogP contribution in [0.1, 0.15) is 11.1 Å². The maximum absolute atomic E-state index is 11.7. The summed E-state index contributed by atoms with van der Waals surface area (Å²) in [6, 6.07) is 12.9. The summed E-state index contributed by atoms with van der Waals surface area (Å²) in [5, 5.41) is 11.7. The van der Waals surface area contributed by atoms with Crippen molar-refractivity contribution in [2.24, 2.45) is 5.14 Å². The third-order valence-corrected chi connectivity index (χ3v) is 5.85. The van der Waals surface area contributed by atoms with Gasteiger partial charge >= 0.3 is 0 Å². The third-order valence-electron chi connectivity index (χ3n) is 4.81. The first kappa shape index (κ1) is 20.5. The number of aryl methyl sites for hydroxylation is 1. The molecule has 0 amide bonds. The molecule has 0 aliphatic carbocycles. The molecule has 3 aromatic heterocycles. The van der Waals surface area contributed by atoms with E-state index in [-0.39, 0.29) is 5.75 Å². The Labute approximate surface area is 179 Å². The van der Waals surface area contributed by atoms with Gasteiger partial charge in [-0.25, -0.2) is 19.0 Å². The molecule has 0 aliphatic heterocycles. The van der Waals surface area contributed by atoms with Gasteiger partial charge in [0.25, 0.3) is 0 Å². The van der Waals surface area contributed by atoms with Crippen molar-refractivity contribution in [2.45, 2.75) is 12.7 Å². The fourth-order valence-corrected chi connectivity index (χ4v) is 3.97. The highest BCUT2D eigenvalue weighted by molar-refractivity contribution is 7.97. The fourth-order valence-electron chi connectivity index (χ4n) is 3.22. The van der Waals surface area contributed by atoms with Gasteiger partial charge in [0, 0.05) is 35.2 Å². The number of benzene rings is 1. The second kappa shape index (κ2) is 8.16. The van der Waals surface area contributed by atoms with Crippen LogP contribution in [0.4, 0.5) is 17.3 Å². The molecule has 1 atom stereocenters. The number of hydrogen-bond acceptors (Lipinski definition) is 7. The minimum Gasteiger partial charge on any atom is -0.383 e. The Morgan fingerprint density at radius 2 is 1.90 bits per heavy atom. The van der Waals surface area contributed by atoms with E-state index in [1.54, 1.807) is 42.9 Å². The first-order valence-corrected chi connectivity index (χ1v) is 11.2. The summed E-state index contributed by atoms with van der Waals surface area (Å²) in [7, 11) is -3.11. The van der Waals surface area contributed by atoms with Crippen molar-refractivity contribution in [1.82, 2.24) is 15.0 Å². The Kier molecular flexibility index (Phi) is 5.39. The number of anilines is 3. The summed E-state index contributed by atoms with van der Waals surface area (Å²) in [4.78, 5) is 23.8. The molecule has 0 bridgehead atoms. The van der Waals surface area contributed by atoms with Crippen molar-refractivity contribution in [3.63, 3.8) is 0 Å². The zero-order valence-electron chi connectivity index (χ0n) is 16.7. The van der Waals surface area contributed by atoms with Gasteiger partial charge in [0.05, 0.1) is 11.4 Å². The lowest BCUT2D eigenvalue weighted by Gasteiger charge is -2.11. The van der Waals surface area contributed by atoms with Gasteiger partial charge in [-0.05, 0) is 53.8 Å². The van der Waals surface area contributed by atoms with Gasteiger partial charge in [-0.15, -0.1) is 0 Å². The summed E-state index contributed by atoms with van der Waals surface area (Å²) in [6.45, 7) is 2.00. The molecule has 9 heteroatoms. The zero-order chi connectivity index (χ0) is 22.0. The molecular formula is C22H20N6O2S. The van der Waals surface area contributed by atoms with Crippen LogP contribution in [0, 0.1) is 6.92 Å². The molecule has 1 aromatic carbocycles. The lowest BCUT2D eigenvalue weighted by molar-refractivity contribution is 0.569. The van der Waals surface area contributed by atoms with E-state index in [4.69, 9.17) is 10.9 Å². The summed E-state index contributed by atoms with van der Waals surface area (Å²) in [5.74, 6) is 0.980. The number of nitrogens with two attached hydrogens (primary N) is 2. The maximum Gasteiger partial charge on any atom is 0.200 e. The number of hydrogen-bond donors (Lipinski definition) is 3. The Hall–Kier alpha value is -3.78. The zero-order valence-corrected chi connectivity index (χ0v) is 17.5. The van der Waals surface area contributed by atoms with E-state index in [9.17, 15) is 9.00 Å². The van der Waals surface area contributed by atoms with Crippen LogP contribution in [-0.2, 0) is 20.3 Å². The number of fused-ring (bicyclic) bond motifs is 1. The van der Waals surface area contributed by atoms with E-state index in [0.29, 0.717) is 17.2 Å². The lowest BCUT2D eigenvalue weighted by Crippen LogP contribution is -2.15. The molecule has 5 N–H and O–H groups in total. The molecule has 0 spiro atoms. The molecule has 0 saturated carbocycles. The Balaban J connectivity index is 1.64. The number of rotatable bonds is 5. The van der Waals surface area contributed by atoms with Crippen molar-refractivity contribution >= 4 is 43.0 Å². The van der Waals surface area contributed by atoms with Crippen LogP contribution >= 0.6 is 0 Å². The largest absolute Gasteiger partial charge is 0.383 e. The van der Waals surface area contributed by atoms with E-state index in [1.807, 2.05) is 25.1 Å². The molecule has 31 heavy (non-hydrogen) atoms. The van der Waals surface area contributed by atoms with Crippen LogP contribution in [0.3, 0.4) is 0 Å². The molecule has 0 radical (unpaired) electrons. The van der Waals surface area contributed by atoms with E-state index in [0.717, 1.165) is 33.3 Å². The van der Waals surface area contributed by atoms with Gasteiger partial charge in [0.15, 0.2) is 0 Å². The summed E-state index contributed by atoms with van der Waals surface area (Å²) < 4.78 is 11.7. The van der Waals surface area contributed by atoms with Crippen molar-refractivity contribution in [2.75, 3.05) is 11.1 Å². The smallest absolute Gasteiger partial charge is 0.200 e. The topological polar surface area (TPSA) is 137 Å². The highest BCUT2D eigenvalue weighted by atomic mass is 32.2. The van der Waals surface area contributed by atoms with Crippen LogP contribution in [-0.4, -0.2) is 24.4 Å². The normalized spacial score (nSPS) is 12.8. The number of carbonyl (C=O) groups excluding carboxylic acids is 1. The number of nitrogens with zero attached hydrogens (tertiary/aromatic N) is 3. The summed E-state index contributed by atoms with van der Waals surface area (Å²) >= 11 is 0. The first-order valence-electron chi connectivity index (χ1n) is 9.36. The predicted octanol–water partition coefficient (Wildman–Crippen LogP) is 3.05. The minimum atomic E-state index is -3.11. The van der Waals surface area contributed by atoms with Gasteiger partial charge in [0.2, 0.25) is 5.23 Å². The van der Waals surface area contributed by atoms with Crippen molar-refractivity contribution in [3.8, 4) is 11.3 Å². The third kappa shape index (κ3) is 4.54. The molecule has 3 heterocycles. The standard InChI is InChI=1S/C22H20N6O2S/c1-14-6-7-25-10-18(14)20-8-16-9-21(26-11-19(16)22(23)28-20)27-17-4-2-15(3-5-17)12-31(24,30)13-29/h2-11H,12H2,1H3,(H2,23,28)(H2,24,30)(H,26,27). The second-order valence-corrected chi connectivity index (χ2v) is 9.06. The second-order valence-electron chi connectivity index (χ2n) is 7.15. The van der Waals surface area contributed by atoms with E-state index >= 15 is 0 Å². The molecule has 0 fully saturated rings. The van der Waals surface area contributed by atoms with Gasteiger partial charge in [-0.3, -0.25) is 10.1 Å². The number of aromatic nitrogens is 3. The fraction of sp³-hybridized carbons (Fsp3) is 0.0909. The molecule has 4 rings (SSSR count). The number of nitrogen functional groups attached to an aromatic ring is 1. The minimum absolute atomic E-state index is 0.0478. The molecule has 4 aromatic rings. The summed E-state index contributed by atoms with van der Waals surface area (Å²) in [5.41, 5.74) is 10.4. The average Bonchev–Trinajstić information content (AvgIpc) is 2.75. The molecule has 1 unspecified atom stereocenters. The first-order chi connectivity index (χ1) is 14.8. The SMILES string of the molecule is Cc1ccncc1-c1cc2cc(Nc3ccc(CS(N)(=O)=C=O)cc3)ncc2c(N)n1. The molecule has 8 nitrogen and oxygen atoms in total. The highest BCUT2D eigenvalue weighted by Crippen LogP contribution is 2.29. The van der Waals surface area contributed by atoms with E-state index in [1.165, 1.54) is 5.23 Å². The van der Waals surface area contributed by atoms with E-state index < -0.39 is 9.71 Å². The molecule has 0 aliphatic rings. The molecule has 0 saturated heterocycles. The van der Waals surface area contributed by atoms with Crippen LogP contribution in [0.2, 0.25) is 0 Å². The van der Waals surface area contributed by atoms with Gasteiger partial charge < -0.3 is 11.1 Å². The highest BCUT2D eigenvalue weighted by Gasteiger charge is 2.10. The number of nitrogens with one attached hydrogen (secondary N) is 1. The van der Waals surface area contributed by atoms with E-state index in [2.05, 4.69) is 20.3 Å². The van der Waals surface area contributed by atoms with Crippen LogP contribution in [0.5, 0.6) is 0 Å². The Morgan fingerprint density at radius 1 is 1.13 bits per heavy atom. The van der Waals surface area contributed by atoms with Crippen molar-refractivity contribution in [1.29, 1.82) is 0 Å². The summed E-state index contributed by atoms with van der Waals surface area (Å²) in [6.07, 6.45) is 5.19. The number of pyridine rings is 3. The average molecular weight is 433 g/mol. The van der Waals surface area contributed by atoms with Crippen LogP contribution < -0.4 is 16.2 Å². The monoisotopic (exact) mass is 432 g/mol. The van der Waals surface area contributed by atoms with Crippen molar-refractivity contribution in [3.05, 3.63) is 72.2 Å². The maximum atomic E-state index is 11.7. The molecule has 156 valence electrons. The Morgan fingerprint density at radius 3 is 2.61 bits per heavy atom. The predicted molar refractivity (Wildman–Crippen MR) is 123 cm³/mol. The van der Waals surface area contributed by atoms with Gasteiger partial charge in [-0.2, -0.15) is 0 Å². The van der Waals surface area contributed by atoms with Gasteiger partial charge in [0.1, 0.15) is 21.3 Å². The van der Waals surface area contributed by atoms with Crippen LogP contribution in [0.25, 0.3) is 22.0 Å². The Bertz CT molecular complexity index is 1420. The van der Waals surface area contributed by atoms with Crippen LogP contribution in [0.15, 0.2) is 61.1 Å². The molecular weight excluding hydrogens is 412 g/mol. The lowest BCUT2D eigenvalue weighted by atomic mass is 10.1. The quantitative estimate of drug-likeness (QED) is 0.412.